The van der Waals surface area contributed by atoms with Gasteiger partial charge in [-0.3, -0.25) is 4.21 Å². The molecule has 1 atom stereocenters. The Morgan fingerprint density at radius 2 is 1.67 bits per heavy atom. The Hall–Kier alpha value is 0.150. The molecule has 0 bridgehead atoms. The van der Waals surface area contributed by atoms with Crippen LogP contribution < -0.4 is 0 Å². The van der Waals surface area contributed by atoms with Gasteiger partial charge in [-0.1, -0.05) is 13.8 Å². The maximum absolute atomic E-state index is 10.3. The highest BCUT2D eigenvalue weighted by molar-refractivity contribution is 7.84. The second kappa shape index (κ2) is 2.35. The highest BCUT2D eigenvalue weighted by atomic mass is 32.2. The van der Waals surface area contributed by atoms with Crippen molar-refractivity contribution in [3.63, 3.8) is 0 Å². The predicted octanol–water partition coefficient (Wildman–Crippen LogP) is 0.773. The van der Waals surface area contributed by atoms with E-state index < -0.39 is 10.8 Å². The molecule has 0 unspecified atom stereocenters. The fourth-order valence-electron chi connectivity index (χ4n) is 0. The van der Waals surface area contributed by atoms with Gasteiger partial charge in [-0.05, 0) is 0 Å². The molecule has 0 fully saturated rings. The number of rotatable bonds is 1. The van der Waals surface area contributed by atoms with Crippen molar-refractivity contribution in [1.82, 2.24) is 0 Å². The van der Waals surface area contributed by atoms with Crippen molar-refractivity contribution < 1.29 is 4.21 Å². The summed E-state index contributed by atoms with van der Waals surface area (Å²) in [6.07, 6.45) is 1.71. The third-order valence-corrected chi connectivity index (χ3v) is 1.99. The predicted molar refractivity (Wildman–Crippen MR) is 29.2 cm³/mol. The van der Waals surface area contributed by atoms with Crippen molar-refractivity contribution in [2.24, 2.45) is 0 Å². The summed E-state index contributed by atoms with van der Waals surface area (Å²) in [7, 11) is -0.617. The monoisotopic (exact) mass is 106 g/mol. The highest BCUT2D eigenvalue weighted by Crippen LogP contribution is 1.85. The second-order valence-electron chi connectivity index (χ2n) is 1.55. The van der Waals surface area contributed by atoms with Crippen LogP contribution in [-0.4, -0.2) is 15.7 Å². The standard InChI is InChI=1S/C4H10OS/c1-4(2)6(3)5/h4H,1-3H3/t6-/m0/s1. The molecule has 38 valence electrons. The fraction of sp³-hybridized carbons (Fsp3) is 1.00. The zero-order valence-corrected chi connectivity index (χ0v) is 5.21. The third-order valence-electron chi connectivity index (χ3n) is 0.664. The molecule has 0 saturated heterocycles. The van der Waals surface area contributed by atoms with Gasteiger partial charge in [0.1, 0.15) is 0 Å². The van der Waals surface area contributed by atoms with Gasteiger partial charge >= 0.3 is 0 Å². The Kier molecular flexibility index (Phi) is 2.40. The van der Waals surface area contributed by atoms with Gasteiger partial charge in [0.05, 0.1) is 0 Å². The van der Waals surface area contributed by atoms with Crippen LogP contribution in [0.2, 0.25) is 0 Å². The Morgan fingerprint density at radius 3 is 1.67 bits per heavy atom. The maximum Gasteiger partial charge on any atom is 0.0288 e. The summed E-state index contributed by atoms with van der Waals surface area (Å²) in [6.45, 7) is 3.88. The van der Waals surface area contributed by atoms with E-state index in [1.54, 1.807) is 6.26 Å². The van der Waals surface area contributed by atoms with Crippen molar-refractivity contribution >= 4 is 10.8 Å². The van der Waals surface area contributed by atoms with Crippen molar-refractivity contribution in [3.8, 4) is 0 Å². The molecular weight excluding hydrogens is 96.1 g/mol. The molecule has 1 nitrogen and oxygen atoms in total. The van der Waals surface area contributed by atoms with Crippen LogP contribution in [0.25, 0.3) is 0 Å². The van der Waals surface area contributed by atoms with Gasteiger partial charge in [-0.15, -0.1) is 0 Å². The van der Waals surface area contributed by atoms with Gasteiger partial charge in [-0.2, -0.15) is 0 Å². The Bertz CT molecular complexity index is 58.6. The van der Waals surface area contributed by atoms with E-state index in [2.05, 4.69) is 0 Å². The Labute approximate surface area is 41.2 Å². The molecule has 0 radical (unpaired) electrons. The second-order valence-corrected chi connectivity index (χ2v) is 3.49. The molecule has 0 N–H and O–H groups in total. The SMILES string of the molecule is CC(C)[S@](C)=O. The zero-order valence-electron chi connectivity index (χ0n) is 4.39. The molecule has 0 spiro atoms. The van der Waals surface area contributed by atoms with E-state index in [1.807, 2.05) is 13.8 Å². The van der Waals surface area contributed by atoms with Crippen molar-refractivity contribution in [3.05, 3.63) is 0 Å². The molecule has 0 amide bonds. The van der Waals surface area contributed by atoms with Crippen LogP contribution in [0.4, 0.5) is 0 Å². The van der Waals surface area contributed by atoms with Gasteiger partial charge < -0.3 is 0 Å². The lowest BCUT2D eigenvalue weighted by atomic mass is 10.6. The van der Waals surface area contributed by atoms with E-state index in [1.165, 1.54) is 0 Å². The first-order chi connectivity index (χ1) is 2.64. The van der Waals surface area contributed by atoms with E-state index in [9.17, 15) is 4.21 Å². The van der Waals surface area contributed by atoms with Crippen LogP contribution >= 0.6 is 0 Å². The molecule has 0 heterocycles. The lowest BCUT2D eigenvalue weighted by Gasteiger charge is -1.92. The maximum atomic E-state index is 10.3. The minimum absolute atomic E-state index is 0.324. The van der Waals surface area contributed by atoms with Crippen molar-refractivity contribution in [1.29, 1.82) is 0 Å². The van der Waals surface area contributed by atoms with Gasteiger partial charge in [0, 0.05) is 22.3 Å². The molecule has 0 aromatic heterocycles. The summed E-state index contributed by atoms with van der Waals surface area (Å²) in [6, 6.07) is 0. The average molecular weight is 106 g/mol. The van der Waals surface area contributed by atoms with E-state index in [4.69, 9.17) is 0 Å². The smallest absolute Gasteiger partial charge is 0.0288 e. The fourth-order valence-corrected chi connectivity index (χ4v) is 0. The zero-order chi connectivity index (χ0) is 5.15. The van der Waals surface area contributed by atoms with Crippen LogP contribution in [0, 0.1) is 0 Å². The van der Waals surface area contributed by atoms with Crippen LogP contribution in [0.5, 0.6) is 0 Å². The Balaban J connectivity index is 3.26. The van der Waals surface area contributed by atoms with E-state index >= 15 is 0 Å². The summed E-state index contributed by atoms with van der Waals surface area (Å²) < 4.78 is 10.3. The number of hydrogen-bond acceptors (Lipinski definition) is 1. The van der Waals surface area contributed by atoms with Crippen molar-refractivity contribution in [2.45, 2.75) is 19.1 Å². The largest absolute Gasteiger partial charge is 0.260 e. The molecule has 0 aliphatic rings. The number of hydrogen-bond donors (Lipinski definition) is 0. The molecule has 0 rings (SSSR count). The minimum atomic E-state index is -0.617. The summed E-state index contributed by atoms with van der Waals surface area (Å²) in [5.41, 5.74) is 0. The molecule has 0 saturated carbocycles. The molecule has 0 aromatic rings. The van der Waals surface area contributed by atoms with Gasteiger partial charge in [-0.25, -0.2) is 0 Å². The molecular formula is C4H10OS. The minimum Gasteiger partial charge on any atom is -0.260 e. The highest BCUT2D eigenvalue weighted by Gasteiger charge is 1.92. The lowest BCUT2D eigenvalue weighted by Crippen LogP contribution is -2.00. The van der Waals surface area contributed by atoms with Crippen LogP contribution in [0.1, 0.15) is 13.8 Å². The Morgan fingerprint density at radius 1 is 1.50 bits per heavy atom. The molecule has 0 aromatic carbocycles. The topological polar surface area (TPSA) is 17.1 Å². The van der Waals surface area contributed by atoms with Crippen LogP contribution in [0.3, 0.4) is 0 Å². The van der Waals surface area contributed by atoms with E-state index in [0.29, 0.717) is 5.25 Å². The normalized spacial score (nSPS) is 15.3. The summed E-state index contributed by atoms with van der Waals surface area (Å²) in [4.78, 5) is 0. The van der Waals surface area contributed by atoms with Gasteiger partial charge in [0.2, 0.25) is 0 Å². The first-order valence-corrected chi connectivity index (χ1v) is 3.59. The van der Waals surface area contributed by atoms with E-state index in [-0.39, 0.29) is 0 Å². The van der Waals surface area contributed by atoms with Gasteiger partial charge in [0.15, 0.2) is 0 Å². The molecule has 6 heavy (non-hydrogen) atoms. The molecule has 0 aliphatic carbocycles. The van der Waals surface area contributed by atoms with Gasteiger partial charge in [0.25, 0.3) is 0 Å². The first-order valence-electron chi connectivity index (χ1n) is 1.97. The molecule has 2 heteroatoms. The summed E-state index contributed by atoms with van der Waals surface area (Å²) in [5.74, 6) is 0. The summed E-state index contributed by atoms with van der Waals surface area (Å²) in [5, 5.41) is 0.324. The third kappa shape index (κ3) is 2.39. The summed E-state index contributed by atoms with van der Waals surface area (Å²) >= 11 is 0. The average Bonchev–Trinajstić information content (AvgIpc) is 1.36. The quantitative estimate of drug-likeness (QED) is 0.482. The molecule has 0 aliphatic heterocycles. The van der Waals surface area contributed by atoms with Crippen molar-refractivity contribution in [2.75, 3.05) is 6.26 Å². The van der Waals surface area contributed by atoms with E-state index in [0.717, 1.165) is 0 Å². The van der Waals surface area contributed by atoms with Crippen LogP contribution in [0.15, 0.2) is 0 Å². The first kappa shape index (κ1) is 6.15. The van der Waals surface area contributed by atoms with Crippen LogP contribution in [-0.2, 0) is 10.8 Å². The lowest BCUT2D eigenvalue weighted by molar-refractivity contribution is 0.681.